The van der Waals surface area contributed by atoms with Gasteiger partial charge in [0, 0.05) is 13.7 Å². The maximum absolute atomic E-state index is 12.7. The Labute approximate surface area is 155 Å². The molecule has 0 aromatic rings. The first-order valence-corrected chi connectivity index (χ1v) is 9.02. The molecule has 0 bridgehead atoms. The number of methoxy groups -OCH3 is 1. The molecule has 1 saturated heterocycles. The Bertz CT molecular complexity index is 500. The predicted octanol–water partition coefficient (Wildman–Crippen LogP) is 1.72. The predicted molar refractivity (Wildman–Crippen MR) is 95.6 cm³/mol. The number of nitrogens with one attached hydrogen (secondary N) is 1. The third-order valence-electron chi connectivity index (χ3n) is 3.93. The van der Waals surface area contributed by atoms with Gasteiger partial charge in [-0.05, 0) is 39.5 Å². The Morgan fingerprint density at radius 2 is 1.85 bits per heavy atom. The van der Waals surface area contributed by atoms with Crippen molar-refractivity contribution in [3.8, 4) is 0 Å². The molecule has 0 unspecified atom stereocenters. The van der Waals surface area contributed by atoms with Gasteiger partial charge in [-0.2, -0.15) is 0 Å². The first-order chi connectivity index (χ1) is 12.1. The van der Waals surface area contributed by atoms with Crippen molar-refractivity contribution in [2.75, 3.05) is 26.9 Å². The van der Waals surface area contributed by atoms with E-state index in [4.69, 9.17) is 14.2 Å². The van der Waals surface area contributed by atoms with Crippen LogP contribution in [0.15, 0.2) is 0 Å². The van der Waals surface area contributed by atoms with E-state index in [1.807, 2.05) is 13.8 Å². The van der Waals surface area contributed by atoms with Crippen molar-refractivity contribution in [3.63, 3.8) is 0 Å². The number of rotatable bonds is 7. The standard InChI is InChI=1S/C18H32N2O6/c1-12(2)14(16(22)25-11-10-24-6)19-15(21)13-8-7-9-20(13)17(23)26-18(3,4)5/h12-14H,7-11H2,1-6H3,(H,19,21)/t13-,14+/m0/s1. The summed E-state index contributed by atoms with van der Waals surface area (Å²) in [5.74, 6) is -1.02. The molecule has 1 rings (SSSR count). The highest BCUT2D eigenvalue weighted by Gasteiger charge is 2.38. The minimum atomic E-state index is -0.777. The van der Waals surface area contributed by atoms with Crippen LogP contribution in [0.25, 0.3) is 0 Å². The molecular formula is C18H32N2O6. The lowest BCUT2D eigenvalue weighted by Crippen LogP contribution is -2.53. The summed E-state index contributed by atoms with van der Waals surface area (Å²) in [6, 6.07) is -1.42. The first-order valence-electron chi connectivity index (χ1n) is 9.02. The molecule has 8 heteroatoms. The van der Waals surface area contributed by atoms with Crippen molar-refractivity contribution in [1.29, 1.82) is 0 Å². The number of esters is 1. The zero-order valence-electron chi connectivity index (χ0n) is 16.7. The average Bonchev–Trinajstić information content (AvgIpc) is 3.00. The van der Waals surface area contributed by atoms with Gasteiger partial charge in [0.1, 0.15) is 24.3 Å². The summed E-state index contributed by atoms with van der Waals surface area (Å²) in [6.45, 7) is 9.85. The zero-order chi connectivity index (χ0) is 19.9. The number of hydrogen-bond acceptors (Lipinski definition) is 6. The van der Waals surface area contributed by atoms with E-state index in [9.17, 15) is 14.4 Å². The van der Waals surface area contributed by atoms with Crippen molar-refractivity contribution < 1.29 is 28.6 Å². The van der Waals surface area contributed by atoms with Gasteiger partial charge in [-0.3, -0.25) is 9.69 Å². The number of likely N-dealkylation sites (tertiary alicyclic amines) is 1. The van der Waals surface area contributed by atoms with Crippen LogP contribution in [0.1, 0.15) is 47.5 Å². The monoisotopic (exact) mass is 372 g/mol. The molecule has 1 aliphatic heterocycles. The van der Waals surface area contributed by atoms with E-state index >= 15 is 0 Å². The second-order valence-corrected chi connectivity index (χ2v) is 7.72. The summed E-state index contributed by atoms with van der Waals surface area (Å²) < 4.78 is 15.3. The van der Waals surface area contributed by atoms with Crippen LogP contribution in [0, 0.1) is 5.92 Å². The van der Waals surface area contributed by atoms with E-state index < -0.39 is 29.7 Å². The third-order valence-corrected chi connectivity index (χ3v) is 3.93. The third kappa shape index (κ3) is 6.82. The van der Waals surface area contributed by atoms with E-state index in [0.717, 1.165) is 0 Å². The molecule has 26 heavy (non-hydrogen) atoms. The fourth-order valence-corrected chi connectivity index (χ4v) is 2.64. The second-order valence-electron chi connectivity index (χ2n) is 7.72. The molecule has 1 fully saturated rings. The SMILES string of the molecule is COCCOC(=O)[C@H](NC(=O)[C@@H]1CCCN1C(=O)OC(C)(C)C)C(C)C. The molecular weight excluding hydrogens is 340 g/mol. The van der Waals surface area contributed by atoms with Crippen LogP contribution >= 0.6 is 0 Å². The Hall–Kier alpha value is -1.83. The first kappa shape index (κ1) is 22.2. The number of carbonyl (C=O) groups is 3. The Balaban J connectivity index is 2.72. The minimum Gasteiger partial charge on any atom is -0.462 e. The van der Waals surface area contributed by atoms with Crippen LogP contribution in [-0.2, 0) is 23.8 Å². The van der Waals surface area contributed by atoms with Crippen molar-refractivity contribution in [2.24, 2.45) is 5.92 Å². The summed E-state index contributed by atoms with van der Waals surface area (Å²) in [6.07, 6.45) is 0.732. The molecule has 0 aromatic heterocycles. The highest BCUT2D eigenvalue weighted by molar-refractivity contribution is 5.90. The van der Waals surface area contributed by atoms with Crippen LogP contribution in [0.2, 0.25) is 0 Å². The van der Waals surface area contributed by atoms with Crippen LogP contribution in [0.5, 0.6) is 0 Å². The number of carbonyl (C=O) groups excluding carboxylic acids is 3. The van der Waals surface area contributed by atoms with Gasteiger partial charge in [-0.1, -0.05) is 13.8 Å². The van der Waals surface area contributed by atoms with E-state index in [0.29, 0.717) is 26.0 Å². The van der Waals surface area contributed by atoms with Crippen LogP contribution in [-0.4, -0.2) is 67.4 Å². The van der Waals surface area contributed by atoms with Gasteiger partial charge in [0.25, 0.3) is 0 Å². The summed E-state index contributed by atoms with van der Waals surface area (Å²) in [5.41, 5.74) is -0.633. The van der Waals surface area contributed by atoms with Gasteiger partial charge in [-0.25, -0.2) is 9.59 Å². The Morgan fingerprint density at radius 3 is 2.38 bits per heavy atom. The second kappa shape index (κ2) is 9.75. The van der Waals surface area contributed by atoms with Crippen molar-refractivity contribution >= 4 is 18.0 Å². The molecule has 0 aliphatic carbocycles. The van der Waals surface area contributed by atoms with Crippen LogP contribution in [0.4, 0.5) is 4.79 Å². The highest BCUT2D eigenvalue weighted by Crippen LogP contribution is 2.21. The van der Waals surface area contributed by atoms with E-state index in [-0.39, 0.29) is 18.4 Å². The Morgan fingerprint density at radius 1 is 1.19 bits per heavy atom. The minimum absolute atomic E-state index is 0.127. The summed E-state index contributed by atoms with van der Waals surface area (Å²) >= 11 is 0. The number of nitrogens with zero attached hydrogens (tertiary/aromatic N) is 1. The summed E-state index contributed by atoms with van der Waals surface area (Å²) in [5, 5.41) is 2.73. The van der Waals surface area contributed by atoms with Gasteiger partial charge in [0.2, 0.25) is 5.91 Å². The fraction of sp³-hybridized carbons (Fsp3) is 0.833. The lowest BCUT2D eigenvalue weighted by molar-refractivity contribution is -0.150. The van der Waals surface area contributed by atoms with Crippen molar-refractivity contribution in [2.45, 2.75) is 65.1 Å². The topological polar surface area (TPSA) is 94.2 Å². The molecule has 2 amide bonds. The summed E-state index contributed by atoms with van der Waals surface area (Å²) in [4.78, 5) is 38.6. The highest BCUT2D eigenvalue weighted by atomic mass is 16.6. The van der Waals surface area contributed by atoms with Gasteiger partial charge in [0.15, 0.2) is 0 Å². The molecule has 8 nitrogen and oxygen atoms in total. The maximum Gasteiger partial charge on any atom is 0.410 e. The number of hydrogen-bond donors (Lipinski definition) is 1. The molecule has 0 radical (unpaired) electrons. The molecule has 1 heterocycles. The maximum atomic E-state index is 12.7. The normalized spacial score (nSPS) is 18.6. The largest absolute Gasteiger partial charge is 0.462 e. The van der Waals surface area contributed by atoms with E-state index in [2.05, 4.69) is 5.32 Å². The average molecular weight is 372 g/mol. The number of amides is 2. The van der Waals surface area contributed by atoms with Gasteiger partial charge >= 0.3 is 12.1 Å². The molecule has 0 spiro atoms. The van der Waals surface area contributed by atoms with E-state index in [1.165, 1.54) is 12.0 Å². The molecule has 150 valence electrons. The number of ether oxygens (including phenoxy) is 3. The zero-order valence-corrected chi connectivity index (χ0v) is 16.7. The smallest absolute Gasteiger partial charge is 0.410 e. The summed E-state index contributed by atoms with van der Waals surface area (Å²) in [7, 11) is 1.51. The molecule has 1 N–H and O–H groups in total. The molecule has 1 aliphatic rings. The van der Waals surface area contributed by atoms with Crippen LogP contribution in [0.3, 0.4) is 0 Å². The van der Waals surface area contributed by atoms with Crippen molar-refractivity contribution in [1.82, 2.24) is 10.2 Å². The molecule has 0 aromatic carbocycles. The quantitative estimate of drug-likeness (QED) is 0.540. The molecule has 2 atom stereocenters. The van der Waals surface area contributed by atoms with Crippen LogP contribution < -0.4 is 5.32 Å². The van der Waals surface area contributed by atoms with Gasteiger partial charge in [-0.15, -0.1) is 0 Å². The Kier molecular flexibility index (Phi) is 8.33. The molecule has 0 saturated carbocycles. The van der Waals surface area contributed by atoms with Gasteiger partial charge in [0.05, 0.1) is 6.61 Å². The van der Waals surface area contributed by atoms with Gasteiger partial charge < -0.3 is 19.5 Å². The van der Waals surface area contributed by atoms with Crippen molar-refractivity contribution in [3.05, 3.63) is 0 Å². The lowest BCUT2D eigenvalue weighted by Gasteiger charge is -2.29. The fourth-order valence-electron chi connectivity index (χ4n) is 2.64. The lowest BCUT2D eigenvalue weighted by atomic mass is 10.0. The van der Waals surface area contributed by atoms with E-state index in [1.54, 1.807) is 20.8 Å².